The van der Waals surface area contributed by atoms with Crippen molar-refractivity contribution in [3.63, 3.8) is 0 Å². The minimum absolute atomic E-state index is 0.0114. The van der Waals surface area contributed by atoms with E-state index in [2.05, 4.69) is 35.6 Å². The quantitative estimate of drug-likeness (QED) is 0.676. The second kappa shape index (κ2) is 7.05. The molecule has 118 valence electrons. The average molecular weight is 398 g/mol. The number of ether oxygens (including phenoxy) is 2. The molecule has 1 fully saturated rings. The molecule has 5 atom stereocenters. The zero-order valence-electron chi connectivity index (χ0n) is 13.0. The van der Waals surface area contributed by atoms with Crippen LogP contribution in [0.15, 0.2) is 9.66 Å². The Balaban J connectivity index is 2.94. The highest BCUT2D eigenvalue weighted by Gasteiger charge is 2.57. The van der Waals surface area contributed by atoms with Gasteiger partial charge in [-0.15, -0.1) is 0 Å². The lowest BCUT2D eigenvalue weighted by Gasteiger charge is -2.38. The molecule has 0 amide bonds. The SMILES string of the molecule is CO[C@]1(C[C@H](C)CO)O[C@H]([C@H](C)/C=C(\C)I)C[C@@]1(C)O. The lowest BCUT2D eigenvalue weighted by molar-refractivity contribution is -0.283. The standard InChI is InChI=1S/C15H27IO4/c1-10(9-17)7-15(19-5)14(4,18)8-13(20-15)11(2)6-12(3)16/h6,10-11,13,17-18H,7-9H2,1-5H3/b12-6+/t10-,11+,13-,14+,15+/m0/s1. The van der Waals surface area contributed by atoms with Gasteiger partial charge in [0.15, 0.2) is 5.79 Å². The minimum Gasteiger partial charge on any atom is -0.396 e. The molecule has 1 rings (SSSR count). The fourth-order valence-corrected chi connectivity index (χ4v) is 3.43. The largest absolute Gasteiger partial charge is 0.396 e. The first-order valence-corrected chi connectivity index (χ1v) is 8.15. The van der Waals surface area contributed by atoms with E-state index >= 15 is 0 Å². The van der Waals surface area contributed by atoms with E-state index in [0.29, 0.717) is 12.8 Å². The lowest BCUT2D eigenvalue weighted by atomic mass is 9.85. The number of aliphatic hydroxyl groups excluding tert-OH is 1. The maximum atomic E-state index is 10.7. The smallest absolute Gasteiger partial charge is 0.197 e. The van der Waals surface area contributed by atoms with E-state index in [1.165, 1.54) is 3.58 Å². The molecule has 0 aromatic heterocycles. The molecule has 2 N–H and O–H groups in total. The summed E-state index contributed by atoms with van der Waals surface area (Å²) in [6.45, 7) is 7.86. The number of allylic oxidation sites excluding steroid dienone is 1. The number of rotatable bonds is 6. The molecule has 1 aliphatic rings. The Bertz CT molecular complexity index is 352. The van der Waals surface area contributed by atoms with Gasteiger partial charge in [0.05, 0.1) is 6.10 Å². The number of hydrogen-bond donors (Lipinski definition) is 2. The molecule has 1 heterocycles. The fourth-order valence-electron chi connectivity index (χ4n) is 2.87. The van der Waals surface area contributed by atoms with Crippen LogP contribution in [0.25, 0.3) is 0 Å². The molecule has 0 radical (unpaired) electrons. The highest BCUT2D eigenvalue weighted by atomic mass is 127. The van der Waals surface area contributed by atoms with Crippen molar-refractivity contribution in [2.45, 2.75) is 58.0 Å². The van der Waals surface area contributed by atoms with Gasteiger partial charge in [-0.25, -0.2) is 0 Å². The summed E-state index contributed by atoms with van der Waals surface area (Å²) in [4.78, 5) is 0. The molecular formula is C15H27IO4. The number of aliphatic hydroxyl groups is 2. The Kier molecular flexibility index (Phi) is 6.47. The highest BCUT2D eigenvalue weighted by Crippen LogP contribution is 2.46. The molecule has 20 heavy (non-hydrogen) atoms. The van der Waals surface area contributed by atoms with Crippen LogP contribution in [0.5, 0.6) is 0 Å². The number of methoxy groups -OCH3 is 1. The van der Waals surface area contributed by atoms with E-state index in [1.807, 2.05) is 13.8 Å². The first kappa shape index (κ1) is 18.4. The fraction of sp³-hybridized carbons (Fsp3) is 0.867. The summed E-state index contributed by atoms with van der Waals surface area (Å²) in [6.07, 6.45) is 3.06. The zero-order valence-corrected chi connectivity index (χ0v) is 15.2. The first-order chi connectivity index (χ1) is 9.17. The van der Waals surface area contributed by atoms with Gasteiger partial charge in [0.1, 0.15) is 5.60 Å². The molecule has 1 saturated heterocycles. The topological polar surface area (TPSA) is 58.9 Å². The zero-order chi connectivity index (χ0) is 15.6. The van der Waals surface area contributed by atoms with E-state index in [0.717, 1.165) is 0 Å². The normalized spacial score (nSPS) is 38.0. The summed E-state index contributed by atoms with van der Waals surface area (Å²) >= 11 is 2.28. The lowest BCUT2D eigenvalue weighted by Crippen LogP contribution is -2.51. The van der Waals surface area contributed by atoms with E-state index in [9.17, 15) is 10.2 Å². The third-order valence-corrected chi connectivity index (χ3v) is 4.46. The summed E-state index contributed by atoms with van der Waals surface area (Å²) in [5, 5.41) is 20.0. The van der Waals surface area contributed by atoms with Crippen LogP contribution in [-0.4, -0.2) is 41.4 Å². The van der Waals surface area contributed by atoms with Gasteiger partial charge >= 0.3 is 0 Å². The molecule has 1 aliphatic heterocycles. The van der Waals surface area contributed by atoms with Crippen LogP contribution < -0.4 is 0 Å². The summed E-state index contributed by atoms with van der Waals surface area (Å²) in [7, 11) is 1.56. The Morgan fingerprint density at radius 2 is 2.15 bits per heavy atom. The summed E-state index contributed by atoms with van der Waals surface area (Å²) in [5.74, 6) is -0.821. The van der Waals surface area contributed by atoms with E-state index in [1.54, 1.807) is 14.0 Å². The van der Waals surface area contributed by atoms with Crippen molar-refractivity contribution < 1.29 is 19.7 Å². The van der Waals surface area contributed by atoms with Crippen LogP contribution in [0.2, 0.25) is 0 Å². The predicted molar refractivity (Wildman–Crippen MR) is 87.7 cm³/mol. The number of hydrogen-bond acceptors (Lipinski definition) is 4. The van der Waals surface area contributed by atoms with Crippen LogP contribution in [0.4, 0.5) is 0 Å². The maximum Gasteiger partial charge on any atom is 0.197 e. The highest BCUT2D eigenvalue weighted by molar-refractivity contribution is 14.1. The van der Waals surface area contributed by atoms with Crippen LogP contribution >= 0.6 is 22.6 Å². The molecule has 0 spiro atoms. The molecule has 0 aliphatic carbocycles. The van der Waals surface area contributed by atoms with Crippen LogP contribution in [0, 0.1) is 11.8 Å². The predicted octanol–water partition coefficient (Wildman–Crippen LogP) is 2.86. The average Bonchev–Trinajstić information content (AvgIpc) is 2.60. The Morgan fingerprint density at radius 3 is 2.60 bits per heavy atom. The van der Waals surface area contributed by atoms with E-state index < -0.39 is 11.4 Å². The van der Waals surface area contributed by atoms with Gasteiger partial charge in [-0.3, -0.25) is 0 Å². The first-order valence-electron chi connectivity index (χ1n) is 7.07. The van der Waals surface area contributed by atoms with Crippen molar-refractivity contribution >= 4 is 22.6 Å². The van der Waals surface area contributed by atoms with Crippen molar-refractivity contribution in [3.8, 4) is 0 Å². The Morgan fingerprint density at radius 1 is 1.55 bits per heavy atom. The minimum atomic E-state index is -1.06. The second-order valence-electron chi connectivity index (χ2n) is 6.20. The Labute approximate surface area is 135 Å². The third-order valence-electron chi connectivity index (χ3n) is 4.10. The van der Waals surface area contributed by atoms with Gasteiger partial charge in [0.2, 0.25) is 0 Å². The maximum absolute atomic E-state index is 10.7. The molecular weight excluding hydrogens is 371 g/mol. The summed E-state index contributed by atoms with van der Waals surface area (Å²) in [5.41, 5.74) is -1.06. The Hall–Kier alpha value is 0.310. The van der Waals surface area contributed by atoms with Crippen molar-refractivity contribution in [1.82, 2.24) is 0 Å². The molecule has 5 heteroatoms. The van der Waals surface area contributed by atoms with Gasteiger partial charge in [-0.2, -0.15) is 0 Å². The van der Waals surface area contributed by atoms with Crippen molar-refractivity contribution in [2.24, 2.45) is 11.8 Å². The van der Waals surface area contributed by atoms with Gasteiger partial charge in [-0.1, -0.05) is 19.9 Å². The van der Waals surface area contributed by atoms with Gasteiger partial charge in [0, 0.05) is 32.5 Å². The van der Waals surface area contributed by atoms with Gasteiger partial charge in [0.25, 0.3) is 0 Å². The summed E-state index contributed by atoms with van der Waals surface area (Å²) < 4.78 is 12.9. The summed E-state index contributed by atoms with van der Waals surface area (Å²) in [6, 6.07) is 0. The van der Waals surface area contributed by atoms with E-state index in [-0.39, 0.29) is 24.5 Å². The molecule has 0 aromatic carbocycles. The molecule has 4 nitrogen and oxygen atoms in total. The third kappa shape index (κ3) is 3.94. The molecule has 0 aromatic rings. The van der Waals surface area contributed by atoms with Crippen LogP contribution in [0.3, 0.4) is 0 Å². The van der Waals surface area contributed by atoms with E-state index in [4.69, 9.17) is 9.47 Å². The molecule has 0 bridgehead atoms. The second-order valence-corrected chi connectivity index (χ2v) is 7.90. The van der Waals surface area contributed by atoms with Gasteiger partial charge in [-0.05, 0) is 45.9 Å². The van der Waals surface area contributed by atoms with Crippen molar-refractivity contribution in [2.75, 3.05) is 13.7 Å². The van der Waals surface area contributed by atoms with Gasteiger partial charge < -0.3 is 19.7 Å². The van der Waals surface area contributed by atoms with Crippen molar-refractivity contribution in [1.29, 1.82) is 0 Å². The van der Waals surface area contributed by atoms with Crippen molar-refractivity contribution in [3.05, 3.63) is 9.66 Å². The van der Waals surface area contributed by atoms with Crippen LogP contribution in [0.1, 0.15) is 40.5 Å². The monoisotopic (exact) mass is 398 g/mol. The molecule has 0 saturated carbocycles. The molecule has 0 unspecified atom stereocenters. The van der Waals surface area contributed by atoms with Crippen LogP contribution in [-0.2, 0) is 9.47 Å². The number of halogens is 1.